The van der Waals surface area contributed by atoms with E-state index in [1.807, 2.05) is 0 Å². The van der Waals surface area contributed by atoms with Gasteiger partial charge in [0.2, 0.25) is 0 Å². The Hall–Kier alpha value is -2.51. The van der Waals surface area contributed by atoms with Gasteiger partial charge in [0.1, 0.15) is 11.6 Å². The van der Waals surface area contributed by atoms with Crippen LogP contribution in [-0.2, 0) is 11.0 Å². The maximum atomic E-state index is 13.0. The molecule has 2 aromatic rings. The van der Waals surface area contributed by atoms with Gasteiger partial charge in [-0.05, 0) is 25.0 Å². The van der Waals surface area contributed by atoms with Crippen LogP contribution in [0, 0.1) is 0 Å². The highest BCUT2D eigenvalue weighted by Gasteiger charge is 2.35. The number of anilines is 1. The summed E-state index contributed by atoms with van der Waals surface area (Å²) in [7, 11) is 0. The maximum absolute atomic E-state index is 13.0. The average molecular weight is 327 g/mol. The molecule has 5 nitrogen and oxygen atoms in total. The number of rotatable bonds is 2. The molecular formula is C15H12F3NO4. The molecule has 122 valence electrons. The monoisotopic (exact) mass is 327 g/mol. The molecular weight excluding hydrogens is 315 g/mol. The van der Waals surface area contributed by atoms with E-state index in [1.165, 1.54) is 18.2 Å². The van der Waals surface area contributed by atoms with Crippen LogP contribution in [-0.4, -0.2) is 23.7 Å². The van der Waals surface area contributed by atoms with Crippen LogP contribution in [0.15, 0.2) is 33.5 Å². The number of carbonyl (C=O) groups is 1. The fourth-order valence-corrected chi connectivity index (χ4v) is 2.90. The predicted octanol–water partition coefficient (Wildman–Crippen LogP) is 2.87. The molecule has 0 amide bonds. The summed E-state index contributed by atoms with van der Waals surface area (Å²) in [5.41, 5.74) is -1.95. The Labute approximate surface area is 127 Å². The summed E-state index contributed by atoms with van der Waals surface area (Å²) < 4.78 is 43.9. The Bertz CT molecular complexity index is 828. The zero-order valence-electron chi connectivity index (χ0n) is 11.8. The number of alkyl halides is 3. The van der Waals surface area contributed by atoms with Gasteiger partial charge >= 0.3 is 17.8 Å². The minimum atomic E-state index is -4.67. The van der Waals surface area contributed by atoms with Crippen molar-refractivity contribution in [1.29, 1.82) is 0 Å². The summed E-state index contributed by atoms with van der Waals surface area (Å²) in [6.45, 7) is 0.478. The smallest absolute Gasteiger partial charge is 0.417 e. The van der Waals surface area contributed by atoms with E-state index in [-0.39, 0.29) is 11.0 Å². The fourth-order valence-electron chi connectivity index (χ4n) is 2.90. The Balaban J connectivity index is 2.13. The van der Waals surface area contributed by atoms with E-state index >= 15 is 0 Å². The minimum absolute atomic E-state index is 0.210. The quantitative estimate of drug-likeness (QED) is 0.859. The lowest BCUT2D eigenvalue weighted by molar-refractivity contribution is -0.138. The summed E-state index contributed by atoms with van der Waals surface area (Å²) in [4.78, 5) is 24.2. The molecule has 0 bridgehead atoms. The van der Waals surface area contributed by atoms with E-state index in [0.29, 0.717) is 31.1 Å². The van der Waals surface area contributed by atoms with Gasteiger partial charge in [-0.2, -0.15) is 13.2 Å². The number of hydrogen-bond donors (Lipinski definition) is 1. The molecule has 0 unspecified atom stereocenters. The number of benzene rings is 1. The van der Waals surface area contributed by atoms with Crippen molar-refractivity contribution in [3.63, 3.8) is 0 Å². The van der Waals surface area contributed by atoms with Gasteiger partial charge in [0.25, 0.3) is 0 Å². The molecule has 1 N–H and O–H groups in total. The van der Waals surface area contributed by atoms with Crippen LogP contribution in [0.4, 0.5) is 18.9 Å². The van der Waals surface area contributed by atoms with Gasteiger partial charge in [-0.15, -0.1) is 0 Å². The lowest BCUT2D eigenvalue weighted by Gasteiger charge is -2.23. The summed E-state index contributed by atoms with van der Waals surface area (Å²) in [5, 5.41) is 8.96. The van der Waals surface area contributed by atoms with Gasteiger partial charge in [-0.3, -0.25) is 0 Å². The van der Waals surface area contributed by atoms with E-state index in [4.69, 9.17) is 4.42 Å². The van der Waals surface area contributed by atoms with Crippen LogP contribution < -0.4 is 10.5 Å². The van der Waals surface area contributed by atoms with Crippen molar-refractivity contribution < 1.29 is 27.5 Å². The summed E-state index contributed by atoms with van der Waals surface area (Å²) in [5.74, 6) is -0.993. The van der Waals surface area contributed by atoms with Crippen LogP contribution in [0.2, 0.25) is 0 Å². The molecule has 23 heavy (non-hydrogen) atoms. The van der Waals surface area contributed by atoms with Gasteiger partial charge in [0.15, 0.2) is 0 Å². The molecule has 1 aromatic carbocycles. The second kappa shape index (κ2) is 5.29. The lowest BCUT2D eigenvalue weighted by atomic mass is 10.1. The molecule has 0 saturated carbocycles. The average Bonchev–Trinajstić information content (AvgIpc) is 2.94. The highest BCUT2D eigenvalue weighted by Crippen LogP contribution is 2.36. The number of halogens is 3. The molecule has 1 saturated heterocycles. The molecule has 1 aliphatic heterocycles. The number of fused-ring (bicyclic) bond motifs is 1. The summed E-state index contributed by atoms with van der Waals surface area (Å²) in [6, 6.07) is 3.59. The number of carboxylic acid groups (broad SMARTS) is 1. The predicted molar refractivity (Wildman–Crippen MR) is 75.5 cm³/mol. The van der Waals surface area contributed by atoms with Crippen molar-refractivity contribution >= 4 is 22.6 Å². The van der Waals surface area contributed by atoms with Crippen molar-refractivity contribution in [1.82, 2.24) is 0 Å². The Morgan fingerprint density at radius 1 is 1.30 bits per heavy atom. The molecule has 0 aliphatic carbocycles. The van der Waals surface area contributed by atoms with Crippen LogP contribution >= 0.6 is 0 Å². The van der Waals surface area contributed by atoms with E-state index in [9.17, 15) is 27.9 Å². The molecule has 1 atom stereocenters. The highest BCUT2D eigenvalue weighted by molar-refractivity contribution is 5.86. The topological polar surface area (TPSA) is 70.8 Å². The number of aliphatic carboxylic acids is 1. The van der Waals surface area contributed by atoms with Crippen LogP contribution in [0.1, 0.15) is 18.4 Å². The molecule has 2 heterocycles. The number of nitrogens with zero attached hydrogens (tertiary/aromatic N) is 1. The molecule has 0 spiro atoms. The van der Waals surface area contributed by atoms with Crippen molar-refractivity contribution in [2.24, 2.45) is 0 Å². The van der Waals surface area contributed by atoms with E-state index in [2.05, 4.69) is 0 Å². The van der Waals surface area contributed by atoms with Crippen molar-refractivity contribution in [3.05, 3.63) is 40.2 Å². The molecule has 3 rings (SSSR count). The van der Waals surface area contributed by atoms with Crippen LogP contribution in [0.5, 0.6) is 0 Å². The first-order valence-electron chi connectivity index (χ1n) is 6.92. The van der Waals surface area contributed by atoms with Crippen molar-refractivity contribution in [2.45, 2.75) is 25.1 Å². The third-order valence-electron chi connectivity index (χ3n) is 3.90. The first-order chi connectivity index (χ1) is 10.8. The van der Waals surface area contributed by atoms with E-state index in [0.717, 1.165) is 0 Å². The first kappa shape index (κ1) is 15.4. The summed E-state index contributed by atoms with van der Waals surface area (Å²) in [6.07, 6.45) is -3.55. The molecule has 1 aromatic heterocycles. The second-order valence-electron chi connectivity index (χ2n) is 5.35. The third-order valence-corrected chi connectivity index (χ3v) is 3.90. The number of carboxylic acids is 1. The van der Waals surface area contributed by atoms with Gasteiger partial charge in [-0.25, -0.2) is 9.59 Å². The van der Waals surface area contributed by atoms with Gasteiger partial charge in [0, 0.05) is 29.8 Å². The van der Waals surface area contributed by atoms with Gasteiger partial charge < -0.3 is 14.4 Å². The Morgan fingerprint density at radius 2 is 2.04 bits per heavy atom. The molecule has 0 radical (unpaired) electrons. The summed E-state index contributed by atoms with van der Waals surface area (Å²) >= 11 is 0. The van der Waals surface area contributed by atoms with Gasteiger partial charge in [0.05, 0.1) is 5.56 Å². The van der Waals surface area contributed by atoms with Crippen LogP contribution in [0.3, 0.4) is 0 Å². The number of hydrogen-bond acceptors (Lipinski definition) is 4. The van der Waals surface area contributed by atoms with Crippen molar-refractivity contribution in [2.75, 3.05) is 11.4 Å². The molecule has 8 heteroatoms. The van der Waals surface area contributed by atoms with Crippen LogP contribution in [0.25, 0.3) is 11.0 Å². The zero-order chi connectivity index (χ0) is 16.8. The zero-order valence-corrected chi connectivity index (χ0v) is 11.8. The van der Waals surface area contributed by atoms with Crippen molar-refractivity contribution in [3.8, 4) is 0 Å². The molecule has 1 fully saturated rings. The SMILES string of the molecule is O=C(O)[C@@H]1CCCN1c1ccc2c(C(F)(F)F)cc(=O)oc2c1. The fraction of sp³-hybridized carbons (Fsp3) is 0.333. The van der Waals surface area contributed by atoms with E-state index < -0.39 is 29.4 Å². The first-order valence-corrected chi connectivity index (χ1v) is 6.92. The minimum Gasteiger partial charge on any atom is -0.480 e. The molecule has 1 aliphatic rings. The second-order valence-corrected chi connectivity index (χ2v) is 5.35. The Morgan fingerprint density at radius 3 is 2.70 bits per heavy atom. The normalized spacial score (nSPS) is 18.6. The maximum Gasteiger partial charge on any atom is 0.417 e. The van der Waals surface area contributed by atoms with Gasteiger partial charge in [-0.1, -0.05) is 0 Å². The largest absolute Gasteiger partial charge is 0.480 e. The Kier molecular flexibility index (Phi) is 3.54. The van der Waals surface area contributed by atoms with E-state index in [1.54, 1.807) is 4.90 Å². The standard InChI is InChI=1S/C15H12F3NO4/c16-15(17,18)10-7-13(20)23-12-6-8(3-4-9(10)12)19-5-1-2-11(19)14(21)22/h3-4,6-7,11H,1-2,5H2,(H,21,22)/t11-/m0/s1. The lowest BCUT2D eigenvalue weighted by Crippen LogP contribution is -2.35. The highest BCUT2D eigenvalue weighted by atomic mass is 19.4. The third kappa shape index (κ3) is 2.76.